The first-order valence-electron chi connectivity index (χ1n) is 21.7. The zero-order valence-corrected chi connectivity index (χ0v) is 37.7. The highest BCUT2D eigenvalue weighted by atomic mass is 16.5. The van der Waals surface area contributed by atoms with E-state index in [1.54, 1.807) is 0 Å². The normalized spacial score (nSPS) is 12.2. The van der Waals surface area contributed by atoms with Crippen molar-refractivity contribution in [1.82, 2.24) is 30.0 Å². The first-order valence-corrected chi connectivity index (χ1v) is 21.7. The third kappa shape index (κ3) is 9.02. The highest BCUT2D eigenvalue weighted by Crippen LogP contribution is 2.39. The molecule has 2 aromatic heterocycles. The summed E-state index contributed by atoms with van der Waals surface area (Å²) >= 11 is 0. The lowest BCUT2D eigenvalue weighted by Crippen LogP contribution is -2.19. The number of carbonyl (C=O) groups is 2. The summed E-state index contributed by atoms with van der Waals surface area (Å²) in [6.45, 7) is 16.5. The first-order chi connectivity index (χ1) is 30.3. The van der Waals surface area contributed by atoms with Gasteiger partial charge >= 0.3 is 5.97 Å². The molecule has 2 heterocycles. The summed E-state index contributed by atoms with van der Waals surface area (Å²) in [5.74, 6) is 0.337. The third-order valence-electron chi connectivity index (χ3n) is 11.9. The Kier molecular flexibility index (Phi) is 11.5. The fourth-order valence-electron chi connectivity index (χ4n) is 8.04. The van der Waals surface area contributed by atoms with Crippen LogP contribution in [0.5, 0.6) is 17.2 Å². The van der Waals surface area contributed by atoms with E-state index in [2.05, 4.69) is 34.2 Å². The second-order valence-corrected chi connectivity index (χ2v) is 19.1. The van der Waals surface area contributed by atoms with Crippen molar-refractivity contribution in [2.24, 2.45) is 0 Å². The third-order valence-corrected chi connectivity index (χ3v) is 11.9. The zero-order chi connectivity index (χ0) is 45.6. The average molecular weight is 855 g/mol. The molecule has 0 saturated heterocycles. The van der Waals surface area contributed by atoms with Crippen LogP contribution in [0.25, 0.3) is 33.4 Å². The minimum absolute atomic E-state index is 0.0227. The molecule has 0 saturated carbocycles. The number of phenols is 2. The van der Waals surface area contributed by atoms with Gasteiger partial charge in [0, 0.05) is 34.9 Å². The molecule has 0 aliphatic heterocycles. The van der Waals surface area contributed by atoms with E-state index in [9.17, 15) is 19.8 Å². The van der Waals surface area contributed by atoms with Gasteiger partial charge in [-0.15, -0.1) is 30.0 Å². The molecule has 0 bridgehead atoms. The van der Waals surface area contributed by atoms with Crippen molar-refractivity contribution >= 4 is 33.8 Å². The molecule has 64 heavy (non-hydrogen) atoms. The molecule has 0 aliphatic carbocycles. The minimum atomic E-state index is -0.405. The van der Waals surface area contributed by atoms with Gasteiger partial charge in [0.1, 0.15) is 50.7 Å². The number of esters is 1. The number of phenolic OH excluding ortho intramolecular Hbond substituents is 2. The zero-order valence-electron chi connectivity index (χ0n) is 37.7. The smallest absolute Gasteiger partial charge is 0.311 e. The van der Waals surface area contributed by atoms with Crippen LogP contribution in [0.3, 0.4) is 0 Å². The lowest BCUT2D eigenvalue weighted by atomic mass is 9.78. The van der Waals surface area contributed by atoms with Gasteiger partial charge < -0.3 is 14.9 Å². The molecule has 0 aliphatic rings. The number of ether oxygens (including phenoxy) is 1. The molecule has 8 rings (SSSR count). The first kappa shape index (κ1) is 43.5. The van der Waals surface area contributed by atoms with Gasteiger partial charge in [0.05, 0.1) is 0 Å². The fraction of sp³-hybridized carbons (Fsp3) is 0.283. The summed E-state index contributed by atoms with van der Waals surface area (Å²) in [5.41, 5.74) is 8.67. The van der Waals surface area contributed by atoms with Crippen LogP contribution in [-0.4, -0.2) is 52.0 Å². The number of hydrogen-bond acceptors (Lipinski definition) is 9. The predicted molar refractivity (Wildman–Crippen MR) is 250 cm³/mol. The average Bonchev–Trinajstić information content (AvgIpc) is 3.90. The Bertz CT molecular complexity index is 2960. The van der Waals surface area contributed by atoms with E-state index in [1.165, 1.54) is 9.59 Å². The van der Waals surface area contributed by atoms with E-state index < -0.39 is 5.41 Å². The van der Waals surface area contributed by atoms with Crippen molar-refractivity contribution < 1.29 is 24.5 Å². The standard InChI is InChI=1S/C53H54N6O5/c1-51(2,3)39-29-33(31-45(49(39)62)58-54-41-13-9-10-14-42(41)55-58)17-27-47(60)35-19-21-36(22-20-35)53(7,8)37-23-25-38(26-24-37)64-48(61)28-18-34-30-40(52(4,5)6)50(63)46(32-34)59-56-43-15-11-12-16-44(43)57-59/h9-16,19-26,29-32,62-63H,17-18,27-28H2,1-8H3. The minimum Gasteiger partial charge on any atom is -0.505 e. The Labute approximate surface area is 373 Å². The van der Waals surface area contributed by atoms with Gasteiger partial charge in [-0.2, -0.15) is 0 Å². The van der Waals surface area contributed by atoms with Crippen LogP contribution < -0.4 is 4.74 Å². The molecule has 2 N–H and O–H groups in total. The van der Waals surface area contributed by atoms with Crippen molar-refractivity contribution in [1.29, 1.82) is 0 Å². The molecule has 326 valence electrons. The van der Waals surface area contributed by atoms with Crippen LogP contribution in [0.4, 0.5) is 0 Å². The molecule has 0 unspecified atom stereocenters. The van der Waals surface area contributed by atoms with Gasteiger partial charge in [0.25, 0.3) is 0 Å². The van der Waals surface area contributed by atoms with Crippen molar-refractivity contribution in [3.63, 3.8) is 0 Å². The van der Waals surface area contributed by atoms with Gasteiger partial charge in [-0.3, -0.25) is 9.59 Å². The van der Waals surface area contributed by atoms with E-state index in [1.807, 2.05) is 163 Å². The molecule has 8 aromatic rings. The second kappa shape index (κ2) is 16.9. The van der Waals surface area contributed by atoms with E-state index in [0.717, 1.165) is 55.4 Å². The van der Waals surface area contributed by atoms with Crippen LogP contribution in [0.15, 0.2) is 121 Å². The van der Waals surface area contributed by atoms with E-state index in [-0.39, 0.29) is 40.5 Å². The number of ketones is 1. The second-order valence-electron chi connectivity index (χ2n) is 19.1. The Morgan fingerprint density at radius 2 is 0.922 bits per heavy atom. The largest absolute Gasteiger partial charge is 0.505 e. The van der Waals surface area contributed by atoms with Crippen LogP contribution in [0.1, 0.15) is 112 Å². The van der Waals surface area contributed by atoms with E-state index in [4.69, 9.17) is 4.74 Å². The van der Waals surface area contributed by atoms with Gasteiger partial charge in [-0.1, -0.05) is 128 Å². The van der Waals surface area contributed by atoms with Crippen LogP contribution in [-0.2, 0) is 33.9 Å². The topological polar surface area (TPSA) is 145 Å². The summed E-state index contributed by atoms with van der Waals surface area (Å²) in [7, 11) is 0. The van der Waals surface area contributed by atoms with E-state index in [0.29, 0.717) is 42.0 Å². The van der Waals surface area contributed by atoms with Gasteiger partial charge in [0.15, 0.2) is 5.78 Å². The summed E-state index contributed by atoms with van der Waals surface area (Å²) in [4.78, 5) is 29.6. The number of benzene rings is 6. The molecule has 11 nitrogen and oxygen atoms in total. The maximum absolute atomic E-state index is 13.6. The summed E-state index contributed by atoms with van der Waals surface area (Å²) in [6.07, 6.45) is 1.31. The lowest BCUT2D eigenvalue weighted by Gasteiger charge is -2.26. The number of Topliss-reactive ketones (excluding diaryl/α,β-unsaturated/α-hetero) is 1. The number of rotatable bonds is 12. The highest BCUT2D eigenvalue weighted by molar-refractivity contribution is 5.96. The van der Waals surface area contributed by atoms with Crippen molar-refractivity contribution in [2.45, 2.75) is 97.3 Å². The number of aromatic hydroxyl groups is 2. The molecule has 0 amide bonds. The molecular weight excluding hydrogens is 801 g/mol. The number of hydrogen-bond donors (Lipinski definition) is 2. The lowest BCUT2D eigenvalue weighted by molar-refractivity contribution is -0.134. The summed E-state index contributed by atoms with van der Waals surface area (Å²) in [5, 5.41) is 41.0. The van der Waals surface area contributed by atoms with Crippen LogP contribution in [0.2, 0.25) is 0 Å². The van der Waals surface area contributed by atoms with Crippen molar-refractivity contribution in [2.75, 3.05) is 0 Å². The van der Waals surface area contributed by atoms with Crippen LogP contribution >= 0.6 is 0 Å². The van der Waals surface area contributed by atoms with Crippen molar-refractivity contribution in [3.05, 3.63) is 160 Å². The quantitative estimate of drug-likeness (QED) is 0.0697. The molecular formula is C53H54N6O5. The van der Waals surface area contributed by atoms with Crippen molar-refractivity contribution in [3.8, 4) is 28.6 Å². The molecule has 0 spiro atoms. The molecule has 0 radical (unpaired) electrons. The highest BCUT2D eigenvalue weighted by Gasteiger charge is 2.27. The fourth-order valence-corrected chi connectivity index (χ4v) is 8.04. The molecule has 6 aromatic carbocycles. The number of carbonyl (C=O) groups excluding carboxylic acids is 2. The van der Waals surface area contributed by atoms with Gasteiger partial charge in [0.2, 0.25) is 0 Å². The van der Waals surface area contributed by atoms with E-state index >= 15 is 0 Å². The Morgan fingerprint density at radius 3 is 1.33 bits per heavy atom. The number of fused-ring (bicyclic) bond motifs is 2. The van der Waals surface area contributed by atoms with Crippen LogP contribution in [0, 0.1) is 0 Å². The monoisotopic (exact) mass is 854 g/mol. The Balaban J connectivity index is 0.905. The number of nitrogens with zero attached hydrogens (tertiary/aromatic N) is 6. The maximum Gasteiger partial charge on any atom is 0.311 e. The Hall–Kier alpha value is -7.14. The summed E-state index contributed by atoms with van der Waals surface area (Å²) in [6, 6.07) is 38.0. The molecule has 0 atom stereocenters. The van der Waals surface area contributed by atoms with Gasteiger partial charge in [-0.05, 0) is 94.5 Å². The predicted octanol–water partition coefficient (Wildman–Crippen LogP) is 10.8. The SMILES string of the molecule is CC(C)(C)c1cc(CCC(=O)Oc2ccc(C(C)(C)c3ccc(C(=O)CCc4cc(-n5nc6ccccc6n5)c(O)c(C(C)(C)C)c4)cc3)cc2)cc(-n2nc3ccccc3n2)c1O. The molecule has 0 fully saturated rings. The number of aryl methyl sites for hydroxylation is 2. The molecule has 11 heteroatoms. The van der Waals surface area contributed by atoms with Gasteiger partial charge in [-0.25, -0.2) is 0 Å². The number of aromatic nitrogens is 6. The Morgan fingerprint density at radius 1 is 0.531 bits per heavy atom. The maximum atomic E-state index is 13.6. The summed E-state index contributed by atoms with van der Waals surface area (Å²) < 4.78 is 5.78.